The van der Waals surface area contributed by atoms with E-state index in [4.69, 9.17) is 0 Å². The second-order valence-electron chi connectivity index (χ2n) is 2.80. The van der Waals surface area contributed by atoms with Gasteiger partial charge < -0.3 is 0 Å². The van der Waals surface area contributed by atoms with E-state index >= 15 is 0 Å². The average Bonchev–Trinajstić information content (AvgIpc) is 2.10. The molecule has 0 amide bonds. The first-order chi connectivity index (χ1) is 7.22. The molecular formula is C7H4F3NO4S. The van der Waals surface area contributed by atoms with Gasteiger partial charge in [-0.1, -0.05) is 0 Å². The predicted molar refractivity (Wildman–Crippen MR) is 46.7 cm³/mol. The Hall–Kier alpha value is -1.64. The molecule has 16 heavy (non-hydrogen) atoms. The second-order valence-corrected chi connectivity index (χ2v) is 4.17. The van der Waals surface area contributed by atoms with Gasteiger partial charge in [0.1, 0.15) is 11.6 Å². The first kappa shape index (κ1) is 12.4. The Kier molecular flexibility index (Phi) is 3.17. The molecule has 9 heteroatoms. The fraction of sp³-hybridized carbons (Fsp3) is 0.143. The molecule has 0 unspecified atom stereocenters. The van der Waals surface area contributed by atoms with E-state index in [-0.39, 0.29) is 0 Å². The molecule has 0 radical (unpaired) electrons. The van der Waals surface area contributed by atoms with Crippen LogP contribution in [-0.4, -0.2) is 13.3 Å². The van der Waals surface area contributed by atoms with Crippen LogP contribution in [0.3, 0.4) is 0 Å². The van der Waals surface area contributed by atoms with Crippen molar-refractivity contribution in [1.29, 1.82) is 0 Å². The topological polar surface area (TPSA) is 77.3 Å². The fourth-order valence-electron chi connectivity index (χ4n) is 1.03. The minimum atomic E-state index is -5.17. The quantitative estimate of drug-likeness (QED) is 0.467. The Labute approximate surface area is 87.9 Å². The van der Waals surface area contributed by atoms with Crippen LogP contribution in [0.15, 0.2) is 12.1 Å². The number of nitrogens with zero attached hydrogens (tertiary/aromatic N) is 1. The summed E-state index contributed by atoms with van der Waals surface area (Å²) >= 11 is 0. The molecule has 0 heterocycles. The highest BCUT2D eigenvalue weighted by Crippen LogP contribution is 2.24. The lowest BCUT2D eigenvalue weighted by atomic mass is 10.2. The van der Waals surface area contributed by atoms with E-state index in [0.717, 1.165) is 0 Å². The van der Waals surface area contributed by atoms with Crippen molar-refractivity contribution in [3.05, 3.63) is 39.4 Å². The van der Waals surface area contributed by atoms with E-state index in [1.54, 1.807) is 0 Å². The van der Waals surface area contributed by atoms with Gasteiger partial charge in [-0.15, -0.1) is 3.89 Å². The lowest BCUT2D eigenvalue weighted by molar-refractivity contribution is -0.387. The van der Waals surface area contributed by atoms with E-state index in [1.165, 1.54) is 0 Å². The first-order valence-corrected chi connectivity index (χ1v) is 5.31. The van der Waals surface area contributed by atoms with Crippen LogP contribution in [0, 0.1) is 21.7 Å². The van der Waals surface area contributed by atoms with Gasteiger partial charge in [-0.05, 0) is 6.07 Å². The molecule has 1 rings (SSSR count). The molecule has 0 bridgehead atoms. The molecule has 88 valence electrons. The standard InChI is InChI=1S/C7H4F3NO4S/c8-5-1-2-6(11(12)13)7(9)4(5)3-16(10,14)15/h1-2H,3H2. The third kappa shape index (κ3) is 2.69. The summed E-state index contributed by atoms with van der Waals surface area (Å²) in [5, 5.41) is 10.3. The number of rotatable bonds is 3. The van der Waals surface area contributed by atoms with Crippen molar-refractivity contribution in [1.82, 2.24) is 0 Å². The van der Waals surface area contributed by atoms with Crippen LogP contribution >= 0.6 is 0 Å². The molecule has 0 aliphatic carbocycles. The molecule has 1 aromatic carbocycles. The predicted octanol–water partition coefficient (Wildman–Crippen LogP) is 1.67. The number of hydrogen-bond donors (Lipinski definition) is 0. The van der Waals surface area contributed by atoms with Crippen molar-refractivity contribution < 1.29 is 26.0 Å². The van der Waals surface area contributed by atoms with Crippen molar-refractivity contribution >= 4 is 15.9 Å². The monoisotopic (exact) mass is 255 g/mol. The SMILES string of the molecule is O=[N+]([O-])c1ccc(F)c(CS(=O)(=O)F)c1F. The Bertz CT molecular complexity index is 543. The minimum Gasteiger partial charge on any atom is -0.258 e. The van der Waals surface area contributed by atoms with E-state index in [0.29, 0.717) is 12.1 Å². The summed E-state index contributed by atoms with van der Waals surface area (Å²) in [7, 11) is -5.17. The van der Waals surface area contributed by atoms with Gasteiger partial charge in [-0.2, -0.15) is 12.8 Å². The molecule has 0 spiro atoms. The molecule has 0 saturated heterocycles. The fourth-order valence-corrected chi connectivity index (χ4v) is 1.64. The first-order valence-electron chi connectivity index (χ1n) is 3.76. The third-order valence-corrected chi connectivity index (χ3v) is 2.31. The largest absolute Gasteiger partial charge is 0.306 e. The van der Waals surface area contributed by atoms with Crippen molar-refractivity contribution in [2.75, 3.05) is 0 Å². The van der Waals surface area contributed by atoms with Gasteiger partial charge in [0.2, 0.25) is 5.82 Å². The summed E-state index contributed by atoms with van der Waals surface area (Å²) in [6.45, 7) is 0. The van der Waals surface area contributed by atoms with Gasteiger partial charge in [-0.25, -0.2) is 4.39 Å². The van der Waals surface area contributed by atoms with E-state index in [1.807, 2.05) is 0 Å². The van der Waals surface area contributed by atoms with E-state index in [9.17, 15) is 31.2 Å². The molecule has 0 aliphatic rings. The second kappa shape index (κ2) is 4.08. The molecule has 0 aromatic heterocycles. The smallest absolute Gasteiger partial charge is 0.258 e. The van der Waals surface area contributed by atoms with Gasteiger partial charge in [0.15, 0.2) is 0 Å². The van der Waals surface area contributed by atoms with Crippen LogP contribution < -0.4 is 0 Å². The van der Waals surface area contributed by atoms with Gasteiger partial charge in [0.25, 0.3) is 0 Å². The summed E-state index contributed by atoms with van der Waals surface area (Å²) in [6.07, 6.45) is 0. The number of nitro groups is 1. The third-order valence-electron chi connectivity index (χ3n) is 1.68. The molecular weight excluding hydrogens is 251 g/mol. The average molecular weight is 255 g/mol. The normalized spacial score (nSPS) is 11.4. The van der Waals surface area contributed by atoms with Crippen molar-refractivity contribution in [2.24, 2.45) is 0 Å². The zero-order valence-corrected chi connectivity index (χ0v) is 8.30. The number of hydrogen-bond acceptors (Lipinski definition) is 4. The lowest BCUT2D eigenvalue weighted by Crippen LogP contribution is -2.05. The molecule has 0 aliphatic heterocycles. The van der Waals surface area contributed by atoms with E-state index < -0.39 is 43.8 Å². The zero-order chi connectivity index (χ0) is 12.5. The maximum Gasteiger partial charge on any atom is 0.306 e. The number of nitro benzene ring substituents is 1. The molecule has 0 atom stereocenters. The lowest BCUT2D eigenvalue weighted by Gasteiger charge is -2.02. The highest BCUT2D eigenvalue weighted by atomic mass is 32.3. The van der Waals surface area contributed by atoms with Gasteiger partial charge >= 0.3 is 15.9 Å². The summed E-state index contributed by atoms with van der Waals surface area (Å²) in [5.74, 6) is -4.62. The Morgan fingerprint density at radius 1 is 1.31 bits per heavy atom. The van der Waals surface area contributed by atoms with Crippen LogP contribution in [0.25, 0.3) is 0 Å². The maximum atomic E-state index is 13.2. The Morgan fingerprint density at radius 3 is 2.31 bits per heavy atom. The highest BCUT2D eigenvalue weighted by Gasteiger charge is 2.25. The van der Waals surface area contributed by atoms with Crippen LogP contribution in [-0.2, 0) is 16.0 Å². The van der Waals surface area contributed by atoms with Gasteiger partial charge in [0, 0.05) is 11.6 Å². The van der Waals surface area contributed by atoms with Crippen LogP contribution in [0.4, 0.5) is 18.4 Å². The molecule has 1 aromatic rings. The molecule has 0 N–H and O–H groups in total. The van der Waals surface area contributed by atoms with Gasteiger partial charge in [0.05, 0.1) is 4.92 Å². The zero-order valence-electron chi connectivity index (χ0n) is 7.48. The van der Waals surface area contributed by atoms with Crippen molar-refractivity contribution in [3.8, 4) is 0 Å². The summed E-state index contributed by atoms with van der Waals surface area (Å²) < 4.78 is 58.8. The minimum absolute atomic E-state index is 0.502. The summed E-state index contributed by atoms with van der Waals surface area (Å²) in [6, 6.07) is 1.03. The van der Waals surface area contributed by atoms with Gasteiger partial charge in [-0.3, -0.25) is 10.1 Å². The van der Waals surface area contributed by atoms with Crippen LogP contribution in [0.2, 0.25) is 0 Å². The molecule has 5 nitrogen and oxygen atoms in total. The van der Waals surface area contributed by atoms with Crippen molar-refractivity contribution in [2.45, 2.75) is 5.75 Å². The highest BCUT2D eigenvalue weighted by molar-refractivity contribution is 7.85. The number of halogens is 3. The van der Waals surface area contributed by atoms with Crippen molar-refractivity contribution in [3.63, 3.8) is 0 Å². The molecule has 0 saturated carbocycles. The Morgan fingerprint density at radius 2 is 1.88 bits per heavy atom. The van der Waals surface area contributed by atoms with E-state index in [2.05, 4.69) is 0 Å². The van der Waals surface area contributed by atoms with Crippen LogP contribution in [0.5, 0.6) is 0 Å². The molecule has 0 fully saturated rings. The summed E-state index contributed by atoms with van der Waals surface area (Å²) in [5.41, 5.74) is -2.29. The van der Waals surface area contributed by atoms with Crippen LogP contribution in [0.1, 0.15) is 5.56 Å². The number of benzene rings is 1. The summed E-state index contributed by atoms with van der Waals surface area (Å²) in [4.78, 5) is 9.09. The Balaban J connectivity index is 3.38. The maximum absolute atomic E-state index is 13.2.